The minimum absolute atomic E-state index is 0.0283. The Morgan fingerprint density at radius 2 is 2.10 bits per heavy atom. The number of carbonyl (C=O) groups excluding carboxylic acids is 1. The summed E-state index contributed by atoms with van der Waals surface area (Å²) in [7, 11) is -3.82. The lowest BCUT2D eigenvalue weighted by atomic mass is 10.1. The molecule has 2 rings (SSSR count). The Labute approximate surface area is 131 Å². The summed E-state index contributed by atoms with van der Waals surface area (Å²) in [5.41, 5.74) is 0. The Balaban J connectivity index is 2.24. The van der Waals surface area contributed by atoms with Crippen molar-refractivity contribution in [2.45, 2.75) is 30.2 Å². The van der Waals surface area contributed by atoms with Gasteiger partial charge >= 0.3 is 0 Å². The first-order chi connectivity index (χ1) is 9.40. The van der Waals surface area contributed by atoms with E-state index in [4.69, 9.17) is 11.6 Å². The van der Waals surface area contributed by atoms with Crippen LogP contribution in [-0.2, 0) is 14.8 Å². The van der Waals surface area contributed by atoms with Crippen LogP contribution in [0.15, 0.2) is 27.6 Å². The van der Waals surface area contributed by atoms with Gasteiger partial charge in [-0.2, -0.15) is 4.72 Å². The third-order valence-electron chi connectivity index (χ3n) is 3.02. The van der Waals surface area contributed by atoms with Crippen molar-refractivity contribution in [2.75, 3.05) is 6.54 Å². The monoisotopic (exact) mass is 380 g/mol. The van der Waals surface area contributed by atoms with E-state index in [0.717, 1.165) is 12.8 Å². The molecule has 0 aliphatic carbocycles. The summed E-state index contributed by atoms with van der Waals surface area (Å²) in [6, 6.07) is 3.75. The molecule has 0 aromatic heterocycles. The minimum Gasteiger partial charge on any atom is -0.355 e. The molecule has 8 heteroatoms. The Morgan fingerprint density at radius 3 is 2.80 bits per heavy atom. The number of hydrogen-bond acceptors (Lipinski definition) is 3. The first kappa shape index (κ1) is 15.8. The van der Waals surface area contributed by atoms with E-state index in [-0.39, 0.29) is 15.8 Å². The largest absolute Gasteiger partial charge is 0.355 e. The first-order valence-electron chi connectivity index (χ1n) is 6.15. The Bertz CT molecular complexity index is 621. The average Bonchev–Trinajstić information content (AvgIpc) is 2.54. The molecule has 0 saturated carbocycles. The van der Waals surface area contributed by atoms with E-state index in [9.17, 15) is 13.2 Å². The summed E-state index contributed by atoms with van der Waals surface area (Å²) >= 11 is 9.17. The van der Waals surface area contributed by atoms with Crippen LogP contribution in [-0.4, -0.2) is 26.9 Å². The second kappa shape index (κ2) is 6.43. The average molecular weight is 382 g/mol. The molecule has 1 amide bonds. The van der Waals surface area contributed by atoms with Crippen molar-refractivity contribution in [1.82, 2.24) is 10.0 Å². The van der Waals surface area contributed by atoms with Gasteiger partial charge < -0.3 is 5.32 Å². The number of amides is 1. The van der Waals surface area contributed by atoms with Gasteiger partial charge in [0, 0.05) is 11.0 Å². The maximum absolute atomic E-state index is 12.3. The number of benzene rings is 1. The maximum Gasteiger partial charge on any atom is 0.242 e. The van der Waals surface area contributed by atoms with Crippen molar-refractivity contribution in [1.29, 1.82) is 0 Å². The molecule has 2 N–H and O–H groups in total. The van der Waals surface area contributed by atoms with E-state index in [0.29, 0.717) is 17.4 Å². The fraction of sp³-hybridized carbons (Fsp3) is 0.417. The standard InChI is InChI=1S/C12H14BrClN2O3S/c13-8-4-5-11(9(14)7-8)20(18,19)16-10-3-1-2-6-15-12(10)17/h4-5,7,10,16H,1-3,6H2,(H,15,17). The van der Waals surface area contributed by atoms with E-state index in [1.165, 1.54) is 12.1 Å². The lowest BCUT2D eigenvalue weighted by Gasteiger charge is -2.16. The van der Waals surface area contributed by atoms with Crippen LogP contribution in [0.5, 0.6) is 0 Å². The number of carbonyl (C=O) groups is 1. The van der Waals surface area contributed by atoms with Crippen molar-refractivity contribution in [2.24, 2.45) is 0 Å². The van der Waals surface area contributed by atoms with Gasteiger partial charge in [-0.3, -0.25) is 4.79 Å². The van der Waals surface area contributed by atoms with Gasteiger partial charge in [0.2, 0.25) is 15.9 Å². The molecule has 1 aliphatic heterocycles. The fourth-order valence-electron chi connectivity index (χ4n) is 2.00. The normalized spacial score (nSPS) is 20.3. The second-order valence-electron chi connectivity index (χ2n) is 4.54. The van der Waals surface area contributed by atoms with Crippen LogP contribution >= 0.6 is 27.5 Å². The van der Waals surface area contributed by atoms with Gasteiger partial charge in [0.25, 0.3) is 0 Å². The Kier molecular flexibility index (Phi) is 5.06. The quantitative estimate of drug-likeness (QED) is 0.841. The highest BCUT2D eigenvalue weighted by atomic mass is 79.9. The van der Waals surface area contributed by atoms with E-state index in [1.54, 1.807) is 6.07 Å². The van der Waals surface area contributed by atoms with E-state index >= 15 is 0 Å². The van der Waals surface area contributed by atoms with Crippen molar-refractivity contribution in [3.8, 4) is 0 Å². The predicted molar refractivity (Wildman–Crippen MR) is 80.1 cm³/mol. The summed E-state index contributed by atoms with van der Waals surface area (Å²) in [5, 5.41) is 2.80. The topological polar surface area (TPSA) is 75.3 Å². The molecule has 110 valence electrons. The van der Waals surface area contributed by atoms with Gasteiger partial charge in [0.05, 0.1) is 5.02 Å². The molecule has 1 aliphatic rings. The highest BCUT2D eigenvalue weighted by Gasteiger charge is 2.27. The van der Waals surface area contributed by atoms with Gasteiger partial charge in [-0.1, -0.05) is 27.5 Å². The van der Waals surface area contributed by atoms with E-state index in [2.05, 4.69) is 26.0 Å². The van der Waals surface area contributed by atoms with E-state index in [1.807, 2.05) is 0 Å². The highest BCUT2D eigenvalue weighted by molar-refractivity contribution is 9.10. The van der Waals surface area contributed by atoms with Gasteiger partial charge in [-0.15, -0.1) is 0 Å². The molecule has 0 radical (unpaired) electrons. The molecule has 0 bridgehead atoms. The summed E-state index contributed by atoms with van der Waals surface area (Å²) in [5.74, 6) is -0.292. The molecular formula is C12H14BrClN2O3S. The summed E-state index contributed by atoms with van der Waals surface area (Å²) < 4.78 is 27.7. The van der Waals surface area contributed by atoms with Crippen LogP contribution in [0.25, 0.3) is 0 Å². The molecular weight excluding hydrogens is 368 g/mol. The van der Waals surface area contributed by atoms with Crippen molar-refractivity contribution in [3.05, 3.63) is 27.7 Å². The van der Waals surface area contributed by atoms with Crippen LogP contribution in [0, 0.1) is 0 Å². The van der Waals surface area contributed by atoms with Crippen LogP contribution in [0.2, 0.25) is 5.02 Å². The Hall–Kier alpha value is -0.630. The summed E-state index contributed by atoms with van der Waals surface area (Å²) in [4.78, 5) is 11.8. The zero-order valence-electron chi connectivity index (χ0n) is 10.5. The predicted octanol–water partition coefficient (Wildman–Crippen LogP) is 2.05. The first-order valence-corrected chi connectivity index (χ1v) is 8.80. The van der Waals surface area contributed by atoms with Gasteiger partial charge in [-0.05, 0) is 37.5 Å². The smallest absolute Gasteiger partial charge is 0.242 e. The number of sulfonamides is 1. The third kappa shape index (κ3) is 3.72. The SMILES string of the molecule is O=C1NCCCCC1NS(=O)(=O)c1ccc(Br)cc1Cl. The third-order valence-corrected chi connectivity index (χ3v) is 5.46. The van der Waals surface area contributed by atoms with Crippen molar-refractivity contribution < 1.29 is 13.2 Å². The maximum atomic E-state index is 12.3. The van der Waals surface area contributed by atoms with Crippen LogP contribution < -0.4 is 10.0 Å². The second-order valence-corrected chi connectivity index (χ2v) is 7.54. The zero-order chi connectivity index (χ0) is 14.8. The van der Waals surface area contributed by atoms with Crippen LogP contribution in [0.4, 0.5) is 0 Å². The number of nitrogens with one attached hydrogen (secondary N) is 2. The molecule has 0 spiro atoms. The van der Waals surface area contributed by atoms with Crippen molar-refractivity contribution in [3.63, 3.8) is 0 Å². The van der Waals surface area contributed by atoms with Gasteiger partial charge in [0.1, 0.15) is 10.9 Å². The number of hydrogen-bond donors (Lipinski definition) is 2. The van der Waals surface area contributed by atoms with Gasteiger partial charge in [0.15, 0.2) is 0 Å². The molecule has 1 unspecified atom stereocenters. The molecule has 1 saturated heterocycles. The number of rotatable bonds is 3. The van der Waals surface area contributed by atoms with Crippen LogP contribution in [0.1, 0.15) is 19.3 Å². The highest BCUT2D eigenvalue weighted by Crippen LogP contribution is 2.25. The molecule has 1 aromatic rings. The van der Waals surface area contributed by atoms with Crippen LogP contribution in [0.3, 0.4) is 0 Å². The zero-order valence-corrected chi connectivity index (χ0v) is 13.7. The molecule has 20 heavy (non-hydrogen) atoms. The fourth-order valence-corrected chi connectivity index (χ4v) is 4.26. The number of halogens is 2. The lowest BCUT2D eigenvalue weighted by Crippen LogP contribution is -2.45. The molecule has 1 atom stereocenters. The Morgan fingerprint density at radius 1 is 1.35 bits per heavy atom. The summed E-state index contributed by atoms with van der Waals surface area (Å²) in [6.45, 7) is 0.579. The molecule has 1 heterocycles. The minimum atomic E-state index is -3.82. The van der Waals surface area contributed by atoms with E-state index < -0.39 is 16.1 Å². The molecule has 1 aromatic carbocycles. The molecule has 1 fully saturated rings. The lowest BCUT2D eigenvalue weighted by molar-refractivity contribution is -0.122. The summed E-state index contributed by atoms with van der Waals surface area (Å²) in [6.07, 6.45) is 2.13. The van der Waals surface area contributed by atoms with Gasteiger partial charge in [-0.25, -0.2) is 8.42 Å². The van der Waals surface area contributed by atoms with Crippen molar-refractivity contribution >= 4 is 43.5 Å². The molecule has 5 nitrogen and oxygen atoms in total.